The summed E-state index contributed by atoms with van der Waals surface area (Å²) in [4.78, 5) is 4.14. The van der Waals surface area contributed by atoms with Crippen molar-refractivity contribution in [1.82, 2.24) is 16.0 Å². The van der Waals surface area contributed by atoms with Crippen molar-refractivity contribution in [2.75, 3.05) is 53.5 Å². The lowest BCUT2D eigenvalue weighted by molar-refractivity contribution is 0.410. The van der Waals surface area contributed by atoms with Crippen LogP contribution in [0.5, 0.6) is 11.5 Å². The number of nitrogens with one attached hydrogen (secondary N) is 3. The third-order valence-electron chi connectivity index (χ3n) is 12.1. The van der Waals surface area contributed by atoms with E-state index in [4.69, 9.17) is 21.1 Å². The lowest BCUT2D eigenvalue weighted by Crippen LogP contribution is -2.27. The zero-order chi connectivity index (χ0) is 48.0. The summed E-state index contributed by atoms with van der Waals surface area (Å²) < 4.78 is 94.4. The van der Waals surface area contributed by atoms with Crippen LogP contribution in [0.3, 0.4) is 0 Å². The van der Waals surface area contributed by atoms with Crippen LogP contribution in [0.4, 0.5) is 26.3 Å². The highest BCUT2D eigenvalue weighted by Crippen LogP contribution is 2.43. The molecule has 3 heterocycles. The van der Waals surface area contributed by atoms with Gasteiger partial charge in [-0.05, 0) is 174 Å². The quantitative estimate of drug-likeness (QED) is 0.111. The van der Waals surface area contributed by atoms with Crippen LogP contribution >= 0.6 is 46.9 Å². The van der Waals surface area contributed by atoms with Crippen LogP contribution in [0.2, 0.25) is 5.02 Å². The molecule has 0 unspecified atom stereocenters. The molecule has 5 nitrogen and oxygen atoms in total. The van der Waals surface area contributed by atoms with Gasteiger partial charge < -0.3 is 25.4 Å². The minimum Gasteiger partial charge on any atom is -0.497 e. The fraction of sp³-hybridized carbons (Fsp3) is 0.321. The fourth-order valence-electron chi connectivity index (χ4n) is 8.64. The smallest absolute Gasteiger partial charge is 0.140 e. The van der Waals surface area contributed by atoms with Crippen molar-refractivity contribution < 1.29 is 35.8 Å². The third kappa shape index (κ3) is 13.7. The first kappa shape index (κ1) is 51.6. The molecule has 3 fully saturated rings. The normalized spacial score (nSPS) is 15.7. The van der Waals surface area contributed by atoms with Crippen molar-refractivity contribution in [3.8, 4) is 11.5 Å². The highest BCUT2D eigenvalue weighted by atomic mass is 35.5. The molecular formula is C53H54ClF6N3O2S3. The molecule has 0 aliphatic carbocycles. The van der Waals surface area contributed by atoms with Crippen LogP contribution in [-0.2, 0) is 0 Å². The average Bonchev–Trinajstić information content (AvgIpc) is 3.35. The van der Waals surface area contributed by atoms with E-state index in [2.05, 4.69) is 16.0 Å². The van der Waals surface area contributed by atoms with E-state index in [-0.39, 0.29) is 41.0 Å². The first-order valence-electron chi connectivity index (χ1n) is 22.7. The van der Waals surface area contributed by atoms with E-state index in [0.29, 0.717) is 36.6 Å². The van der Waals surface area contributed by atoms with Gasteiger partial charge in [0.05, 0.1) is 19.2 Å². The molecule has 68 heavy (non-hydrogen) atoms. The van der Waals surface area contributed by atoms with Gasteiger partial charge in [0, 0.05) is 58.2 Å². The van der Waals surface area contributed by atoms with Gasteiger partial charge in [-0.3, -0.25) is 0 Å². The SMILES string of the molecule is COc1ccc(Sc2cccc(F)c2C2CCNCC2)c(Cl)c1.COc1ccc(Sc2cccc(F)c2C2CCNCC2)c(F)c1.Fc1ccc(Sc2cccc(F)c2C2CCNCC2)c(F)c1. The minimum absolute atomic E-state index is 0.119. The monoisotopic (exact) mass is 1010 g/mol. The van der Waals surface area contributed by atoms with Crippen LogP contribution in [0, 0.1) is 34.9 Å². The number of ether oxygens (including phenoxy) is 2. The Morgan fingerprint density at radius 3 is 1.13 bits per heavy atom. The van der Waals surface area contributed by atoms with Crippen molar-refractivity contribution in [1.29, 1.82) is 0 Å². The van der Waals surface area contributed by atoms with E-state index in [1.165, 1.54) is 61.0 Å². The topological polar surface area (TPSA) is 54.5 Å². The lowest BCUT2D eigenvalue weighted by atomic mass is 9.90. The summed E-state index contributed by atoms with van der Waals surface area (Å²) >= 11 is 10.3. The van der Waals surface area contributed by atoms with Gasteiger partial charge in [-0.25, -0.2) is 26.3 Å². The van der Waals surface area contributed by atoms with E-state index in [0.717, 1.165) is 122 Å². The van der Waals surface area contributed by atoms with Gasteiger partial charge >= 0.3 is 0 Å². The van der Waals surface area contributed by atoms with Crippen molar-refractivity contribution in [3.63, 3.8) is 0 Å². The average molecular weight is 1010 g/mol. The second-order valence-corrected chi connectivity index (χ2v) is 20.2. The van der Waals surface area contributed by atoms with Crippen molar-refractivity contribution in [3.05, 3.63) is 166 Å². The van der Waals surface area contributed by atoms with Crippen LogP contribution in [0.15, 0.2) is 139 Å². The summed E-state index contributed by atoms with van der Waals surface area (Å²) in [5.74, 6) is -0.379. The Balaban J connectivity index is 0.000000151. The number of hydrogen-bond acceptors (Lipinski definition) is 8. The third-order valence-corrected chi connectivity index (χ3v) is 15.9. The number of hydrogen-bond donors (Lipinski definition) is 3. The molecule has 0 aromatic heterocycles. The van der Waals surface area contributed by atoms with Gasteiger partial charge in [0.25, 0.3) is 0 Å². The number of rotatable bonds is 11. The van der Waals surface area contributed by atoms with E-state index >= 15 is 0 Å². The second-order valence-electron chi connectivity index (χ2n) is 16.5. The highest BCUT2D eigenvalue weighted by molar-refractivity contribution is 8.00. The molecule has 0 amide bonds. The van der Waals surface area contributed by atoms with E-state index in [9.17, 15) is 26.3 Å². The van der Waals surface area contributed by atoms with Crippen LogP contribution in [0.1, 0.15) is 73.0 Å². The van der Waals surface area contributed by atoms with Gasteiger partial charge in [0.1, 0.15) is 46.4 Å². The van der Waals surface area contributed by atoms with E-state index in [1.54, 1.807) is 55.6 Å². The van der Waals surface area contributed by atoms with Gasteiger partial charge in [0.2, 0.25) is 0 Å². The van der Waals surface area contributed by atoms with Crippen molar-refractivity contribution in [2.24, 2.45) is 0 Å². The zero-order valence-corrected chi connectivity index (χ0v) is 41.0. The summed E-state index contributed by atoms with van der Waals surface area (Å²) in [6.07, 6.45) is 5.45. The number of halogens is 7. The summed E-state index contributed by atoms with van der Waals surface area (Å²) in [7, 11) is 3.11. The van der Waals surface area contributed by atoms with E-state index in [1.807, 2.05) is 24.3 Å². The maximum atomic E-state index is 14.5. The predicted octanol–water partition coefficient (Wildman–Crippen LogP) is 14.4. The van der Waals surface area contributed by atoms with Crippen molar-refractivity contribution >= 4 is 46.9 Å². The molecule has 6 aromatic rings. The molecule has 0 atom stereocenters. The van der Waals surface area contributed by atoms with Crippen LogP contribution < -0.4 is 25.4 Å². The zero-order valence-electron chi connectivity index (χ0n) is 37.8. The maximum absolute atomic E-state index is 14.5. The summed E-state index contributed by atoms with van der Waals surface area (Å²) in [6.45, 7) is 5.36. The van der Waals surface area contributed by atoms with Gasteiger partial charge in [0.15, 0.2) is 0 Å². The van der Waals surface area contributed by atoms with Crippen LogP contribution in [0.25, 0.3) is 0 Å². The summed E-state index contributed by atoms with van der Waals surface area (Å²) in [5.41, 5.74) is 2.19. The Bertz CT molecular complexity index is 2490. The maximum Gasteiger partial charge on any atom is 0.140 e. The largest absolute Gasteiger partial charge is 0.497 e. The van der Waals surface area contributed by atoms with Crippen molar-refractivity contribution in [2.45, 2.75) is 85.7 Å². The summed E-state index contributed by atoms with van der Waals surface area (Å²) in [5, 5.41) is 10.5. The molecule has 0 saturated carbocycles. The summed E-state index contributed by atoms with van der Waals surface area (Å²) in [6, 6.07) is 29.0. The minimum atomic E-state index is -0.620. The molecule has 0 bridgehead atoms. The van der Waals surface area contributed by atoms with E-state index < -0.39 is 11.6 Å². The van der Waals surface area contributed by atoms with Gasteiger partial charge in [-0.2, -0.15) is 0 Å². The second kappa shape index (κ2) is 25.5. The Morgan fingerprint density at radius 1 is 0.412 bits per heavy atom. The van der Waals surface area contributed by atoms with Gasteiger partial charge in [-0.1, -0.05) is 65.1 Å². The Hall–Kier alpha value is -4.28. The highest BCUT2D eigenvalue weighted by Gasteiger charge is 2.26. The van der Waals surface area contributed by atoms with Crippen LogP contribution in [-0.4, -0.2) is 53.5 Å². The standard InChI is InChI=1S/C18H19ClFNOS.C18H19F2NOS.C17H16F3NS/c1-22-13-5-6-16(14(19)11-13)23-17-4-2-3-15(20)18(17)12-7-9-21-10-8-12;1-22-13-5-6-16(15(20)11-13)23-17-4-2-3-14(19)18(17)12-7-9-21-10-8-12;18-12-4-5-15(14(20)10-12)22-16-3-1-2-13(19)17(16)11-6-8-21-9-7-11/h2*2-6,11-12,21H,7-10H2,1H3;1-5,10-11,21H,6-9H2. The first-order chi connectivity index (χ1) is 33.0. The molecule has 6 aromatic carbocycles. The number of piperidine rings is 3. The Kier molecular flexibility index (Phi) is 19.4. The molecule has 3 aliphatic heterocycles. The fourth-order valence-corrected chi connectivity index (χ4v) is 12.1. The molecule has 0 spiro atoms. The molecule has 0 radical (unpaired) electrons. The predicted molar refractivity (Wildman–Crippen MR) is 263 cm³/mol. The van der Waals surface area contributed by atoms with Gasteiger partial charge in [-0.15, -0.1) is 0 Å². The lowest BCUT2D eigenvalue weighted by Gasteiger charge is -2.25. The molecule has 15 heteroatoms. The molecule has 360 valence electrons. The molecule has 3 saturated heterocycles. The molecule has 9 rings (SSSR count). The molecule has 3 N–H and O–H groups in total. The number of methoxy groups -OCH3 is 2. The Labute approximate surface area is 412 Å². The first-order valence-corrected chi connectivity index (χ1v) is 25.5. The Morgan fingerprint density at radius 2 is 0.765 bits per heavy atom. The molecule has 3 aliphatic rings. The number of benzene rings is 6. The molecular weight excluding hydrogens is 956 g/mol.